The Morgan fingerprint density at radius 3 is 2.85 bits per heavy atom. The molecule has 0 radical (unpaired) electrons. The van der Waals surface area contributed by atoms with Crippen molar-refractivity contribution in [3.63, 3.8) is 0 Å². The van der Waals surface area contributed by atoms with Crippen molar-refractivity contribution in [2.75, 3.05) is 0 Å². The minimum absolute atomic E-state index is 0.272. The summed E-state index contributed by atoms with van der Waals surface area (Å²) in [6.45, 7) is 0. The van der Waals surface area contributed by atoms with Crippen molar-refractivity contribution in [3.05, 3.63) is 47.2 Å². The highest BCUT2D eigenvalue weighted by molar-refractivity contribution is 9.10. The van der Waals surface area contributed by atoms with E-state index in [-0.39, 0.29) is 5.82 Å². The van der Waals surface area contributed by atoms with Crippen LogP contribution in [0.1, 0.15) is 0 Å². The summed E-state index contributed by atoms with van der Waals surface area (Å²) in [6.07, 6.45) is 5.05. The van der Waals surface area contributed by atoms with Gasteiger partial charge in [-0.2, -0.15) is 0 Å². The zero-order valence-corrected chi connectivity index (χ0v) is 8.20. The lowest BCUT2D eigenvalue weighted by Crippen LogP contribution is -1.90. The van der Waals surface area contributed by atoms with Crippen molar-refractivity contribution in [2.45, 2.75) is 0 Å². The minimum atomic E-state index is -0.272. The normalized spacial score (nSPS) is 10.3. The number of hydrogen-bond donors (Lipinski definition) is 0. The number of hydrogen-bond acceptors (Lipinski definition) is 1. The average Bonchev–Trinajstić information content (AvgIpc) is 2.62. The molecule has 1 aromatic carbocycles. The summed E-state index contributed by atoms with van der Waals surface area (Å²) < 4.78 is 15.3. The molecule has 2 rings (SSSR count). The van der Waals surface area contributed by atoms with Crippen LogP contribution in [0, 0.1) is 5.82 Å². The zero-order chi connectivity index (χ0) is 9.26. The Balaban J connectivity index is 2.49. The molecule has 0 amide bonds. The maximum Gasteiger partial charge on any atom is 0.139 e. The van der Waals surface area contributed by atoms with Crippen molar-refractivity contribution < 1.29 is 4.39 Å². The summed E-state index contributed by atoms with van der Waals surface area (Å²) in [5.41, 5.74) is 0.762. The third-order valence-electron chi connectivity index (χ3n) is 1.71. The molecule has 0 spiro atoms. The summed E-state index contributed by atoms with van der Waals surface area (Å²) in [5.74, 6) is -0.272. The van der Waals surface area contributed by atoms with E-state index < -0.39 is 0 Å². The lowest BCUT2D eigenvalue weighted by atomic mass is 10.3. The number of imidazole rings is 1. The quantitative estimate of drug-likeness (QED) is 0.750. The molecule has 4 heteroatoms. The van der Waals surface area contributed by atoms with Crippen molar-refractivity contribution in [1.82, 2.24) is 9.55 Å². The van der Waals surface area contributed by atoms with Crippen molar-refractivity contribution >= 4 is 15.9 Å². The van der Waals surface area contributed by atoms with Crippen molar-refractivity contribution in [3.8, 4) is 5.69 Å². The molecule has 0 atom stereocenters. The van der Waals surface area contributed by atoms with Gasteiger partial charge in [0.05, 0.1) is 10.8 Å². The molecule has 0 unspecified atom stereocenters. The largest absolute Gasteiger partial charge is 0.306 e. The van der Waals surface area contributed by atoms with Gasteiger partial charge in [0.25, 0.3) is 0 Å². The molecule has 0 saturated carbocycles. The van der Waals surface area contributed by atoms with E-state index in [1.54, 1.807) is 29.4 Å². The Kier molecular flexibility index (Phi) is 2.14. The highest BCUT2D eigenvalue weighted by Crippen LogP contribution is 2.18. The Bertz CT molecular complexity index is 412. The van der Waals surface area contributed by atoms with E-state index in [0.717, 1.165) is 5.69 Å². The van der Waals surface area contributed by atoms with E-state index in [4.69, 9.17) is 0 Å². The molecular weight excluding hydrogens is 235 g/mol. The smallest absolute Gasteiger partial charge is 0.139 e. The molecule has 0 bridgehead atoms. The van der Waals surface area contributed by atoms with Crippen LogP contribution in [0.3, 0.4) is 0 Å². The van der Waals surface area contributed by atoms with Crippen LogP contribution < -0.4 is 0 Å². The van der Waals surface area contributed by atoms with E-state index >= 15 is 0 Å². The van der Waals surface area contributed by atoms with E-state index in [1.807, 2.05) is 6.07 Å². The van der Waals surface area contributed by atoms with Crippen LogP contribution in [-0.4, -0.2) is 9.55 Å². The van der Waals surface area contributed by atoms with Crippen LogP contribution in [0.2, 0.25) is 0 Å². The van der Waals surface area contributed by atoms with E-state index in [9.17, 15) is 4.39 Å². The maximum atomic E-state index is 13.1. The van der Waals surface area contributed by atoms with Crippen LogP contribution in [0.15, 0.2) is 41.4 Å². The fourth-order valence-corrected chi connectivity index (χ4v) is 1.30. The first-order chi connectivity index (χ1) is 6.27. The second kappa shape index (κ2) is 3.30. The average molecular weight is 241 g/mol. The fraction of sp³-hybridized carbons (Fsp3) is 0. The first-order valence-electron chi connectivity index (χ1n) is 3.71. The molecular formula is C9H6BrFN2. The van der Waals surface area contributed by atoms with E-state index in [0.29, 0.717) is 4.47 Å². The number of aromatic nitrogens is 2. The summed E-state index contributed by atoms with van der Waals surface area (Å²) in [5, 5.41) is 0. The highest BCUT2D eigenvalue weighted by Gasteiger charge is 2.00. The van der Waals surface area contributed by atoms with Gasteiger partial charge in [-0.25, -0.2) is 9.37 Å². The first kappa shape index (κ1) is 8.44. The van der Waals surface area contributed by atoms with Gasteiger partial charge in [0, 0.05) is 18.1 Å². The maximum absolute atomic E-state index is 13.1. The predicted octanol–water partition coefficient (Wildman–Crippen LogP) is 2.77. The SMILES string of the molecule is Fc1cc(-n2ccnc2)ccc1Br. The summed E-state index contributed by atoms with van der Waals surface area (Å²) >= 11 is 3.09. The molecule has 13 heavy (non-hydrogen) atoms. The molecule has 0 aliphatic rings. The first-order valence-corrected chi connectivity index (χ1v) is 4.50. The number of halogens is 2. The fourth-order valence-electron chi connectivity index (χ4n) is 1.06. The van der Waals surface area contributed by atoms with Gasteiger partial charge in [-0.05, 0) is 34.1 Å². The van der Waals surface area contributed by atoms with Gasteiger partial charge in [-0.3, -0.25) is 0 Å². The standard InChI is InChI=1S/C9H6BrFN2/c10-8-2-1-7(5-9(8)11)13-4-3-12-6-13/h1-6H. The van der Waals surface area contributed by atoms with Gasteiger partial charge >= 0.3 is 0 Å². The zero-order valence-electron chi connectivity index (χ0n) is 6.61. The summed E-state index contributed by atoms with van der Waals surface area (Å²) in [4.78, 5) is 3.88. The summed E-state index contributed by atoms with van der Waals surface area (Å²) in [6, 6.07) is 4.94. The molecule has 1 heterocycles. The van der Waals surface area contributed by atoms with Gasteiger partial charge in [-0.15, -0.1) is 0 Å². The predicted molar refractivity (Wildman–Crippen MR) is 51.2 cm³/mol. The molecule has 66 valence electrons. The Morgan fingerprint density at radius 1 is 1.38 bits per heavy atom. The number of rotatable bonds is 1. The molecule has 0 saturated heterocycles. The number of nitrogens with zero attached hydrogens (tertiary/aromatic N) is 2. The van der Waals surface area contributed by atoms with Crippen LogP contribution in [0.5, 0.6) is 0 Å². The Morgan fingerprint density at radius 2 is 2.23 bits per heavy atom. The molecule has 0 fully saturated rings. The third-order valence-corrected chi connectivity index (χ3v) is 2.35. The molecule has 2 aromatic rings. The topological polar surface area (TPSA) is 17.8 Å². The molecule has 0 aliphatic heterocycles. The van der Waals surface area contributed by atoms with Gasteiger partial charge in [0.2, 0.25) is 0 Å². The Hall–Kier alpha value is -1.16. The third kappa shape index (κ3) is 1.62. The second-order valence-corrected chi connectivity index (χ2v) is 3.42. The monoisotopic (exact) mass is 240 g/mol. The Labute approximate surface area is 83.2 Å². The van der Waals surface area contributed by atoms with Gasteiger partial charge in [-0.1, -0.05) is 0 Å². The molecule has 1 aromatic heterocycles. The van der Waals surface area contributed by atoms with Gasteiger partial charge in [0.15, 0.2) is 0 Å². The highest BCUT2D eigenvalue weighted by atomic mass is 79.9. The lowest BCUT2D eigenvalue weighted by Gasteiger charge is -2.02. The molecule has 0 aliphatic carbocycles. The minimum Gasteiger partial charge on any atom is -0.306 e. The number of benzene rings is 1. The van der Waals surface area contributed by atoms with Crippen molar-refractivity contribution in [1.29, 1.82) is 0 Å². The molecule has 0 N–H and O–H groups in total. The van der Waals surface area contributed by atoms with Crippen LogP contribution in [-0.2, 0) is 0 Å². The van der Waals surface area contributed by atoms with Gasteiger partial charge in [0.1, 0.15) is 5.82 Å². The summed E-state index contributed by atoms with van der Waals surface area (Å²) in [7, 11) is 0. The second-order valence-electron chi connectivity index (χ2n) is 2.57. The van der Waals surface area contributed by atoms with Crippen molar-refractivity contribution in [2.24, 2.45) is 0 Å². The lowest BCUT2D eigenvalue weighted by molar-refractivity contribution is 0.620. The van der Waals surface area contributed by atoms with Crippen LogP contribution >= 0.6 is 15.9 Å². The van der Waals surface area contributed by atoms with Crippen LogP contribution in [0.4, 0.5) is 4.39 Å². The molecule has 2 nitrogen and oxygen atoms in total. The van der Waals surface area contributed by atoms with E-state index in [1.165, 1.54) is 6.07 Å². The van der Waals surface area contributed by atoms with Crippen LogP contribution in [0.25, 0.3) is 5.69 Å². The van der Waals surface area contributed by atoms with E-state index in [2.05, 4.69) is 20.9 Å². The van der Waals surface area contributed by atoms with Gasteiger partial charge < -0.3 is 4.57 Å².